The van der Waals surface area contributed by atoms with Gasteiger partial charge in [0.2, 0.25) is 70.9 Å². The van der Waals surface area contributed by atoms with Crippen LogP contribution in [0.15, 0.2) is 60.7 Å². The van der Waals surface area contributed by atoms with Crippen LogP contribution in [0.1, 0.15) is 83.8 Å². The maximum atomic E-state index is 14.4. The Labute approximate surface area is 486 Å². The first-order valence-corrected chi connectivity index (χ1v) is 28.5. The monoisotopic (exact) mass is 1180 g/mol. The number of unbranched alkanes of at least 4 members (excludes halogenated alkanes) is 1. The van der Waals surface area contributed by atoms with E-state index in [0.717, 1.165) is 0 Å². The van der Waals surface area contributed by atoms with Crippen LogP contribution in [0.5, 0.6) is 0 Å². The predicted octanol–water partition coefficient (Wildman–Crippen LogP) is -5.02. The zero-order valence-electron chi connectivity index (χ0n) is 47.5. The lowest BCUT2D eigenvalue weighted by Gasteiger charge is -2.27. The Kier molecular flexibility index (Phi) is 32.8. The van der Waals surface area contributed by atoms with Crippen molar-refractivity contribution >= 4 is 82.6 Å². The van der Waals surface area contributed by atoms with Gasteiger partial charge in [-0.15, -0.1) is 0 Å². The number of primary amides is 2. The molecule has 0 saturated heterocycles. The van der Waals surface area contributed by atoms with E-state index in [9.17, 15) is 67.7 Å². The molecule has 12 amide bonds. The van der Waals surface area contributed by atoms with Crippen LogP contribution in [-0.4, -0.2) is 180 Å². The maximum Gasteiger partial charge on any atom is 0.245 e. The first kappa shape index (κ1) is 71.4. The number of nitrogens with two attached hydrogens (primary N) is 4. The summed E-state index contributed by atoms with van der Waals surface area (Å²) in [4.78, 5) is 159. The van der Waals surface area contributed by atoms with Crippen LogP contribution in [0, 0.1) is 5.92 Å². The Bertz CT molecular complexity index is 2480. The summed E-state index contributed by atoms with van der Waals surface area (Å²) in [6.45, 7) is 4.14. The van der Waals surface area contributed by atoms with Crippen molar-refractivity contribution in [1.29, 1.82) is 0 Å². The Balaban J connectivity index is 2.34. The summed E-state index contributed by atoms with van der Waals surface area (Å²) < 4.78 is 0. The van der Waals surface area contributed by atoms with Crippen molar-refractivity contribution in [3.8, 4) is 0 Å². The number of hydrogen-bond acceptors (Lipinski definition) is 17. The molecule has 20 N–H and O–H groups in total. The van der Waals surface area contributed by atoms with E-state index < -0.39 is 164 Å². The fraction of sp³-hybridized carbons (Fsp3) is 0.556. The van der Waals surface area contributed by atoms with Gasteiger partial charge in [-0.1, -0.05) is 74.5 Å². The van der Waals surface area contributed by atoms with Gasteiger partial charge in [0.25, 0.3) is 0 Å². The Morgan fingerprint density at radius 2 is 0.964 bits per heavy atom. The van der Waals surface area contributed by atoms with E-state index in [2.05, 4.69) is 53.2 Å². The van der Waals surface area contributed by atoms with Crippen LogP contribution in [0.2, 0.25) is 0 Å². The molecule has 2 aromatic rings. The Morgan fingerprint density at radius 1 is 0.518 bits per heavy atom. The molecule has 0 aliphatic carbocycles. The highest BCUT2D eigenvalue weighted by atomic mass is 32.2. The van der Waals surface area contributed by atoms with Crippen molar-refractivity contribution in [2.45, 2.75) is 146 Å². The summed E-state index contributed by atoms with van der Waals surface area (Å²) in [5.41, 5.74) is 23.3. The quantitative estimate of drug-likeness (QED) is 0.0279. The van der Waals surface area contributed by atoms with E-state index >= 15 is 0 Å². The van der Waals surface area contributed by atoms with Crippen LogP contribution >= 0.6 is 11.8 Å². The van der Waals surface area contributed by atoms with Crippen LogP contribution in [0.3, 0.4) is 0 Å². The van der Waals surface area contributed by atoms with Crippen molar-refractivity contribution in [1.82, 2.24) is 53.2 Å². The summed E-state index contributed by atoms with van der Waals surface area (Å²) in [5.74, 6) is -9.96. The molecule has 29 heteroatoms. The summed E-state index contributed by atoms with van der Waals surface area (Å²) in [7, 11) is 0. The molecule has 0 radical (unpaired) electrons. The topological polar surface area (TPSA) is 470 Å². The molecule has 2 aromatic carbocycles. The van der Waals surface area contributed by atoms with Crippen molar-refractivity contribution in [3.05, 3.63) is 71.8 Å². The lowest BCUT2D eigenvalue weighted by atomic mass is 10.0. The van der Waals surface area contributed by atoms with Gasteiger partial charge in [-0.25, -0.2) is 0 Å². The van der Waals surface area contributed by atoms with Gasteiger partial charge in [-0.3, -0.25) is 57.5 Å². The lowest BCUT2D eigenvalue weighted by molar-refractivity contribution is -0.136. The molecular formula is C54H84N14O14S. The molecule has 0 fully saturated rings. The van der Waals surface area contributed by atoms with Crippen molar-refractivity contribution in [2.75, 3.05) is 38.2 Å². The molecule has 0 aromatic heterocycles. The minimum Gasteiger partial charge on any atom is -0.394 e. The first-order chi connectivity index (χ1) is 39.3. The third-order valence-electron chi connectivity index (χ3n) is 12.6. The molecule has 0 saturated carbocycles. The number of carbonyl (C=O) groups is 12. The van der Waals surface area contributed by atoms with E-state index in [1.165, 1.54) is 25.6 Å². The average Bonchev–Trinajstić information content (AvgIpc) is 3.47. The number of amides is 12. The minimum atomic E-state index is -1.77. The van der Waals surface area contributed by atoms with Crippen LogP contribution in [0.4, 0.5) is 0 Å². The molecule has 83 heavy (non-hydrogen) atoms. The highest BCUT2D eigenvalue weighted by molar-refractivity contribution is 7.98. The summed E-state index contributed by atoms with van der Waals surface area (Å²) >= 11 is 1.45. The van der Waals surface area contributed by atoms with Crippen molar-refractivity contribution in [2.24, 2.45) is 28.9 Å². The number of benzene rings is 2. The van der Waals surface area contributed by atoms with Crippen LogP contribution in [-0.2, 0) is 70.4 Å². The van der Waals surface area contributed by atoms with Crippen molar-refractivity contribution in [3.63, 3.8) is 0 Å². The number of nitrogens with one attached hydrogen (secondary N) is 10. The number of hydrogen-bond donors (Lipinski definition) is 16. The van der Waals surface area contributed by atoms with E-state index in [0.29, 0.717) is 29.7 Å². The lowest BCUT2D eigenvalue weighted by Crippen LogP contribution is -2.60. The van der Waals surface area contributed by atoms with Crippen LogP contribution < -0.4 is 76.1 Å². The van der Waals surface area contributed by atoms with Gasteiger partial charge in [0.05, 0.1) is 25.8 Å². The Morgan fingerprint density at radius 3 is 1.46 bits per heavy atom. The fourth-order valence-electron chi connectivity index (χ4n) is 7.90. The number of rotatable bonds is 39. The Hall–Kier alpha value is -7.73. The third-order valence-corrected chi connectivity index (χ3v) is 13.3. The SMILES string of the molecule is CSCC[C@H](NC(=O)[C@H](CC(C)C)NC(=O)CNC(=O)[C@H](Cc1ccccc1)NC(=O)[C@H](Cc1ccccc1)NC(=O)[C@H](CCC(N)=O)NC(=O)[C@H](CO)NC(=O)[C@H](C)NC(=O)[C@H](CCCCN)NC(=O)CNC(=O)[C@@H](N)[C@H](C)O)C(N)=O. The first-order valence-electron chi connectivity index (χ1n) is 27.2. The van der Waals surface area contributed by atoms with Gasteiger partial charge in [0.1, 0.15) is 54.4 Å². The number of aliphatic hydroxyl groups is 2. The summed E-state index contributed by atoms with van der Waals surface area (Å²) in [5, 5.41) is 44.6. The summed E-state index contributed by atoms with van der Waals surface area (Å²) in [6, 6.07) is 4.55. The van der Waals surface area contributed by atoms with Crippen LogP contribution in [0.25, 0.3) is 0 Å². The van der Waals surface area contributed by atoms with E-state index in [1.54, 1.807) is 60.7 Å². The molecule has 0 spiro atoms. The fourth-order valence-corrected chi connectivity index (χ4v) is 8.38. The highest BCUT2D eigenvalue weighted by Crippen LogP contribution is 2.11. The smallest absolute Gasteiger partial charge is 0.245 e. The molecule has 10 atom stereocenters. The zero-order valence-corrected chi connectivity index (χ0v) is 48.4. The molecule has 0 aliphatic heterocycles. The van der Waals surface area contributed by atoms with Gasteiger partial charge >= 0.3 is 0 Å². The normalized spacial score (nSPS) is 14.6. The van der Waals surface area contributed by atoms with E-state index in [1.807, 2.05) is 20.1 Å². The molecule has 460 valence electrons. The van der Waals surface area contributed by atoms with Gasteiger partial charge in [0, 0.05) is 19.3 Å². The second-order valence-electron chi connectivity index (χ2n) is 20.1. The standard InChI is InChI=1S/C54H84N14O14S/c1-30(2)24-38(51(79)64-35(46(58)74)21-23-83-5)63-44(73)27-59-48(76)39(25-33-14-8-6-9-15-33)66-52(80)40(26-34-16-10-7-11-17-34)67-50(78)37(19-20-42(56)71)65-53(81)41(29-69)68-47(75)31(3)61-49(77)36(18-12-13-22-55)62-43(72)28-60-54(82)45(57)32(4)70/h6-11,14-17,30-32,35-41,45,69-70H,12-13,18-29,55,57H2,1-5H3,(H2,56,71)(H2,58,74)(H,59,76)(H,60,82)(H,61,77)(H,62,72)(H,63,73)(H,64,79)(H,65,81)(H,66,80)(H,67,78)(H,68,75)/t31-,32-,35-,36-,37-,38-,39-,40-,41-,45-/m0/s1. The van der Waals surface area contributed by atoms with Gasteiger partial charge < -0.3 is 86.3 Å². The molecular weight excluding hydrogens is 1100 g/mol. The van der Waals surface area contributed by atoms with Gasteiger partial charge in [-0.2, -0.15) is 11.8 Å². The third kappa shape index (κ3) is 27.7. The number of carbonyl (C=O) groups excluding carboxylic acids is 12. The van der Waals surface area contributed by atoms with Crippen molar-refractivity contribution < 1.29 is 67.7 Å². The predicted molar refractivity (Wildman–Crippen MR) is 307 cm³/mol. The van der Waals surface area contributed by atoms with E-state index in [4.69, 9.17) is 22.9 Å². The average molecular weight is 1190 g/mol. The molecule has 2 rings (SSSR count). The second-order valence-corrected chi connectivity index (χ2v) is 21.1. The molecule has 0 unspecified atom stereocenters. The molecule has 0 heterocycles. The highest BCUT2D eigenvalue weighted by Gasteiger charge is 2.34. The largest absolute Gasteiger partial charge is 0.394 e. The molecule has 0 aliphatic rings. The molecule has 28 nitrogen and oxygen atoms in total. The zero-order chi connectivity index (χ0) is 62.2. The van der Waals surface area contributed by atoms with Gasteiger partial charge in [0.15, 0.2) is 0 Å². The van der Waals surface area contributed by atoms with E-state index in [-0.39, 0.29) is 44.6 Å². The maximum absolute atomic E-state index is 14.4. The number of aliphatic hydroxyl groups excluding tert-OH is 2. The van der Waals surface area contributed by atoms with Gasteiger partial charge in [-0.05, 0) is 88.0 Å². The summed E-state index contributed by atoms with van der Waals surface area (Å²) in [6.07, 6.45) is 0.726. The minimum absolute atomic E-state index is 0.0588. The number of thioether (sulfide) groups is 1. The molecule has 0 bridgehead atoms. The second kappa shape index (κ2) is 38.1.